The van der Waals surface area contributed by atoms with Gasteiger partial charge in [-0.2, -0.15) is 0 Å². The van der Waals surface area contributed by atoms with Crippen LogP contribution in [-0.4, -0.2) is 17.0 Å². The smallest absolute Gasteiger partial charge is 0.337 e. The van der Waals surface area contributed by atoms with E-state index >= 15 is 0 Å². The molecule has 1 aromatic rings. The summed E-state index contributed by atoms with van der Waals surface area (Å²) >= 11 is 0. The molecule has 1 aromatic carbocycles. The highest BCUT2D eigenvalue weighted by atomic mass is 16.4. The van der Waals surface area contributed by atoms with E-state index in [0.717, 1.165) is 12.0 Å². The van der Waals surface area contributed by atoms with Gasteiger partial charge >= 0.3 is 5.97 Å². The molecule has 4 nitrogen and oxygen atoms in total. The molecule has 0 aliphatic rings. The van der Waals surface area contributed by atoms with Crippen LogP contribution < -0.4 is 5.32 Å². The topological polar surface area (TPSA) is 66.4 Å². The number of allylic oxidation sites excluding steroid dienone is 1. The summed E-state index contributed by atoms with van der Waals surface area (Å²) in [6, 6.07) is 4.91. The number of rotatable bonds is 4. The molecule has 1 rings (SSSR count). The summed E-state index contributed by atoms with van der Waals surface area (Å²) in [6.07, 6.45) is 2.56. The number of nitrogens with one attached hydrogen (secondary N) is 1. The molecule has 2 N–H and O–H groups in total. The van der Waals surface area contributed by atoms with Crippen LogP contribution in [0.25, 0.3) is 0 Å². The van der Waals surface area contributed by atoms with E-state index in [1.807, 2.05) is 6.92 Å². The van der Waals surface area contributed by atoms with E-state index in [-0.39, 0.29) is 11.5 Å². The first-order valence-electron chi connectivity index (χ1n) is 5.77. The SMILES string of the molecule is CC/C=C(\C)C(=O)Nc1ccc(C)cc1C(=O)O. The maximum absolute atomic E-state index is 11.8. The number of benzene rings is 1. The first-order valence-corrected chi connectivity index (χ1v) is 5.77. The number of anilines is 1. The molecule has 0 unspecified atom stereocenters. The van der Waals surface area contributed by atoms with Crippen molar-refractivity contribution in [1.29, 1.82) is 0 Å². The zero-order valence-electron chi connectivity index (χ0n) is 10.8. The average molecular weight is 247 g/mol. The van der Waals surface area contributed by atoms with Gasteiger partial charge < -0.3 is 10.4 Å². The Morgan fingerprint density at radius 3 is 2.61 bits per heavy atom. The minimum atomic E-state index is -1.05. The van der Waals surface area contributed by atoms with E-state index in [0.29, 0.717) is 11.3 Å². The second-order valence-electron chi connectivity index (χ2n) is 4.10. The van der Waals surface area contributed by atoms with Crippen LogP contribution in [0.2, 0.25) is 0 Å². The van der Waals surface area contributed by atoms with Crippen LogP contribution >= 0.6 is 0 Å². The number of carbonyl (C=O) groups excluding carboxylic acids is 1. The molecule has 96 valence electrons. The highest BCUT2D eigenvalue weighted by molar-refractivity contribution is 6.07. The van der Waals surface area contributed by atoms with Crippen LogP contribution in [0.3, 0.4) is 0 Å². The Morgan fingerprint density at radius 2 is 2.06 bits per heavy atom. The first kappa shape index (κ1) is 14.0. The summed E-state index contributed by atoms with van der Waals surface area (Å²) in [5, 5.41) is 11.7. The van der Waals surface area contributed by atoms with Gasteiger partial charge in [0.2, 0.25) is 0 Å². The van der Waals surface area contributed by atoms with Gasteiger partial charge in [0.15, 0.2) is 0 Å². The maximum Gasteiger partial charge on any atom is 0.337 e. The minimum Gasteiger partial charge on any atom is -0.478 e. The molecule has 18 heavy (non-hydrogen) atoms. The molecular formula is C14H17NO3. The van der Waals surface area contributed by atoms with Gasteiger partial charge in [0, 0.05) is 5.57 Å². The molecule has 0 spiro atoms. The van der Waals surface area contributed by atoms with Crippen molar-refractivity contribution in [3.63, 3.8) is 0 Å². The Balaban J connectivity index is 3.01. The lowest BCUT2D eigenvalue weighted by atomic mass is 10.1. The standard InChI is InChI=1S/C14H17NO3/c1-4-5-10(3)13(16)15-12-7-6-9(2)8-11(12)14(17)18/h5-8H,4H2,1-3H3,(H,15,16)(H,17,18)/b10-5+. The summed E-state index contributed by atoms with van der Waals surface area (Å²) in [7, 11) is 0. The number of hydrogen-bond acceptors (Lipinski definition) is 2. The summed E-state index contributed by atoms with van der Waals surface area (Å²) in [5.41, 5.74) is 1.84. The fraction of sp³-hybridized carbons (Fsp3) is 0.286. The van der Waals surface area contributed by atoms with Crippen molar-refractivity contribution in [2.75, 3.05) is 5.32 Å². The number of aryl methyl sites for hydroxylation is 1. The van der Waals surface area contributed by atoms with Crippen LogP contribution in [0.1, 0.15) is 36.2 Å². The number of amides is 1. The molecule has 0 bridgehead atoms. The fourth-order valence-corrected chi connectivity index (χ4v) is 1.56. The van der Waals surface area contributed by atoms with Crippen molar-refractivity contribution < 1.29 is 14.7 Å². The Morgan fingerprint density at radius 1 is 1.39 bits per heavy atom. The third-order valence-corrected chi connectivity index (χ3v) is 2.52. The van der Waals surface area contributed by atoms with Crippen molar-refractivity contribution in [2.24, 2.45) is 0 Å². The number of aromatic carboxylic acids is 1. The van der Waals surface area contributed by atoms with E-state index < -0.39 is 5.97 Å². The Hall–Kier alpha value is -2.10. The largest absolute Gasteiger partial charge is 0.478 e. The van der Waals surface area contributed by atoms with Crippen molar-refractivity contribution in [3.05, 3.63) is 41.0 Å². The van der Waals surface area contributed by atoms with Crippen LogP contribution in [0.15, 0.2) is 29.8 Å². The van der Waals surface area contributed by atoms with Gasteiger partial charge in [0.25, 0.3) is 5.91 Å². The summed E-state index contributed by atoms with van der Waals surface area (Å²) in [6.45, 7) is 5.44. The van der Waals surface area contributed by atoms with Crippen LogP contribution in [-0.2, 0) is 4.79 Å². The van der Waals surface area contributed by atoms with Gasteiger partial charge in [-0.1, -0.05) is 24.6 Å². The molecular weight excluding hydrogens is 230 g/mol. The lowest BCUT2D eigenvalue weighted by Crippen LogP contribution is -2.15. The first-order chi connectivity index (χ1) is 8.45. The molecule has 0 saturated carbocycles. The highest BCUT2D eigenvalue weighted by Crippen LogP contribution is 2.18. The van der Waals surface area contributed by atoms with E-state index in [1.165, 1.54) is 6.07 Å². The second kappa shape index (κ2) is 6.00. The quantitative estimate of drug-likeness (QED) is 0.804. The summed E-state index contributed by atoms with van der Waals surface area (Å²) in [5.74, 6) is -1.32. The zero-order valence-corrected chi connectivity index (χ0v) is 10.8. The van der Waals surface area contributed by atoms with Gasteiger partial charge in [-0.25, -0.2) is 4.79 Å². The molecule has 0 aliphatic heterocycles. The molecule has 0 saturated heterocycles. The zero-order chi connectivity index (χ0) is 13.7. The molecule has 0 fully saturated rings. The minimum absolute atomic E-state index is 0.104. The Labute approximate surface area is 106 Å². The van der Waals surface area contributed by atoms with E-state index in [4.69, 9.17) is 5.11 Å². The Bertz CT molecular complexity index is 504. The van der Waals surface area contributed by atoms with Crippen LogP contribution in [0, 0.1) is 6.92 Å². The predicted octanol–water partition coefficient (Wildman–Crippen LogP) is 2.99. The lowest BCUT2D eigenvalue weighted by Gasteiger charge is -2.09. The van der Waals surface area contributed by atoms with Gasteiger partial charge in [0.05, 0.1) is 11.3 Å². The maximum atomic E-state index is 11.8. The molecule has 4 heteroatoms. The monoisotopic (exact) mass is 247 g/mol. The highest BCUT2D eigenvalue weighted by Gasteiger charge is 2.13. The van der Waals surface area contributed by atoms with E-state index in [9.17, 15) is 9.59 Å². The van der Waals surface area contributed by atoms with Gasteiger partial charge in [-0.15, -0.1) is 0 Å². The molecule has 0 heterocycles. The normalized spacial score (nSPS) is 11.2. The number of hydrogen-bond donors (Lipinski definition) is 2. The van der Waals surface area contributed by atoms with Crippen molar-refractivity contribution >= 4 is 17.6 Å². The number of carboxylic acids is 1. The number of carbonyl (C=O) groups is 2. The fourth-order valence-electron chi connectivity index (χ4n) is 1.56. The van der Waals surface area contributed by atoms with E-state index in [2.05, 4.69) is 5.32 Å². The summed E-state index contributed by atoms with van der Waals surface area (Å²) in [4.78, 5) is 22.9. The average Bonchev–Trinajstić information content (AvgIpc) is 2.31. The molecule has 0 atom stereocenters. The molecule has 1 amide bonds. The van der Waals surface area contributed by atoms with Crippen molar-refractivity contribution in [2.45, 2.75) is 27.2 Å². The van der Waals surface area contributed by atoms with Crippen LogP contribution in [0.5, 0.6) is 0 Å². The van der Waals surface area contributed by atoms with Crippen molar-refractivity contribution in [1.82, 2.24) is 0 Å². The van der Waals surface area contributed by atoms with E-state index in [1.54, 1.807) is 32.1 Å². The van der Waals surface area contributed by atoms with Crippen LogP contribution in [0.4, 0.5) is 5.69 Å². The lowest BCUT2D eigenvalue weighted by molar-refractivity contribution is -0.112. The van der Waals surface area contributed by atoms with Gasteiger partial charge in [-0.3, -0.25) is 4.79 Å². The van der Waals surface area contributed by atoms with Crippen molar-refractivity contribution in [3.8, 4) is 0 Å². The predicted molar refractivity (Wildman–Crippen MR) is 70.8 cm³/mol. The molecule has 0 aliphatic carbocycles. The third-order valence-electron chi connectivity index (χ3n) is 2.52. The molecule has 0 radical (unpaired) electrons. The third kappa shape index (κ3) is 3.45. The molecule has 0 aromatic heterocycles. The second-order valence-corrected chi connectivity index (χ2v) is 4.10. The number of carboxylic acid groups (broad SMARTS) is 1. The Kier molecular flexibility index (Phi) is 4.66. The van der Waals surface area contributed by atoms with Gasteiger partial charge in [-0.05, 0) is 32.4 Å². The summed E-state index contributed by atoms with van der Waals surface area (Å²) < 4.78 is 0. The van der Waals surface area contributed by atoms with Gasteiger partial charge in [0.1, 0.15) is 0 Å².